The average Bonchev–Trinajstić information content (AvgIpc) is 3.37. The molecule has 2 N–H and O–H groups in total. The van der Waals surface area contributed by atoms with Crippen molar-refractivity contribution in [3.63, 3.8) is 0 Å². The number of nitrogens with one attached hydrogen (secondary N) is 1. The van der Waals surface area contributed by atoms with Crippen molar-refractivity contribution < 1.29 is 23.5 Å². The van der Waals surface area contributed by atoms with Crippen LogP contribution in [0.25, 0.3) is 0 Å². The van der Waals surface area contributed by atoms with E-state index in [1.54, 1.807) is 0 Å². The lowest BCUT2D eigenvalue weighted by atomic mass is 9.78. The zero-order valence-electron chi connectivity index (χ0n) is 21.9. The number of hydrogen-bond donors (Lipinski definition) is 2. The Hall–Kier alpha value is -2.96. The molecule has 1 amide bonds. The number of carbonyl (C=O) groups excluding carboxylic acids is 1. The van der Waals surface area contributed by atoms with Crippen LogP contribution in [-0.2, 0) is 21.4 Å². The lowest BCUT2D eigenvalue weighted by molar-refractivity contribution is -0.143. The SMILES string of the molecule is CC(C)CN(c1ccc(C2(C(=O)O)CCCC2)cc1NC(=O)Cc1ccc(F)cc1F)C1CCCCC1. The lowest BCUT2D eigenvalue weighted by Crippen LogP contribution is -2.40. The number of benzene rings is 2. The highest BCUT2D eigenvalue weighted by Crippen LogP contribution is 2.44. The quantitative estimate of drug-likeness (QED) is 0.386. The van der Waals surface area contributed by atoms with Gasteiger partial charge in [0, 0.05) is 18.7 Å². The zero-order valence-corrected chi connectivity index (χ0v) is 21.9. The van der Waals surface area contributed by atoms with Crippen molar-refractivity contribution in [2.24, 2.45) is 5.92 Å². The number of carbonyl (C=O) groups is 2. The number of nitrogens with zero attached hydrogens (tertiary/aromatic N) is 1. The molecule has 7 heteroatoms. The van der Waals surface area contributed by atoms with Crippen molar-refractivity contribution in [3.8, 4) is 0 Å². The van der Waals surface area contributed by atoms with Gasteiger partial charge in [0.1, 0.15) is 11.6 Å². The van der Waals surface area contributed by atoms with E-state index < -0.39 is 28.9 Å². The molecule has 2 aliphatic carbocycles. The first-order valence-corrected chi connectivity index (χ1v) is 13.6. The van der Waals surface area contributed by atoms with Crippen LogP contribution in [0.1, 0.15) is 82.8 Å². The second-order valence-electron chi connectivity index (χ2n) is 11.1. The third-order valence-corrected chi connectivity index (χ3v) is 7.94. The standard InChI is InChI=1S/C30H38F2N2O3/c1-20(2)19-34(24-8-4-3-5-9-24)27-13-11-22(30(29(36)37)14-6-7-15-30)17-26(27)33-28(35)16-21-10-12-23(31)18-25(21)32/h10-13,17-18,20,24H,3-9,14-16,19H2,1-2H3,(H,33,35)(H,36,37). The number of anilines is 2. The third kappa shape index (κ3) is 6.13. The Morgan fingerprint density at radius 3 is 2.35 bits per heavy atom. The molecule has 2 aliphatic rings. The van der Waals surface area contributed by atoms with Crippen molar-refractivity contribution in [1.82, 2.24) is 0 Å². The van der Waals surface area contributed by atoms with E-state index in [0.29, 0.717) is 36.1 Å². The van der Waals surface area contributed by atoms with Crippen LogP contribution >= 0.6 is 0 Å². The molecular formula is C30H38F2N2O3. The fourth-order valence-electron chi connectivity index (χ4n) is 6.05. The van der Waals surface area contributed by atoms with Gasteiger partial charge in [-0.05, 0) is 60.9 Å². The predicted octanol–water partition coefficient (Wildman–Crippen LogP) is 6.84. The van der Waals surface area contributed by atoms with Crippen LogP contribution < -0.4 is 10.2 Å². The number of aliphatic carboxylic acids is 1. The fraction of sp³-hybridized carbons (Fsp3) is 0.533. The topological polar surface area (TPSA) is 69.6 Å². The molecule has 5 nitrogen and oxygen atoms in total. The number of carboxylic acids is 1. The van der Waals surface area contributed by atoms with E-state index in [1.807, 2.05) is 18.2 Å². The Balaban J connectivity index is 1.72. The van der Waals surface area contributed by atoms with Crippen LogP contribution in [-0.4, -0.2) is 29.6 Å². The Kier molecular flexibility index (Phi) is 8.50. The van der Waals surface area contributed by atoms with E-state index in [0.717, 1.165) is 62.9 Å². The van der Waals surface area contributed by atoms with Gasteiger partial charge >= 0.3 is 5.97 Å². The summed E-state index contributed by atoms with van der Waals surface area (Å²) in [5.74, 6) is -2.33. The molecule has 2 fully saturated rings. The maximum Gasteiger partial charge on any atom is 0.314 e. The first-order chi connectivity index (χ1) is 17.7. The Labute approximate surface area is 218 Å². The first-order valence-electron chi connectivity index (χ1n) is 13.6. The monoisotopic (exact) mass is 512 g/mol. The fourth-order valence-corrected chi connectivity index (χ4v) is 6.05. The minimum Gasteiger partial charge on any atom is -0.481 e. The smallest absolute Gasteiger partial charge is 0.314 e. The van der Waals surface area contributed by atoms with Gasteiger partial charge in [-0.15, -0.1) is 0 Å². The van der Waals surface area contributed by atoms with Crippen molar-refractivity contribution in [1.29, 1.82) is 0 Å². The van der Waals surface area contributed by atoms with E-state index in [4.69, 9.17) is 0 Å². The summed E-state index contributed by atoms with van der Waals surface area (Å²) in [6.45, 7) is 5.14. The molecule has 0 heterocycles. The van der Waals surface area contributed by atoms with Gasteiger partial charge in [0.25, 0.3) is 0 Å². The van der Waals surface area contributed by atoms with Gasteiger partial charge in [-0.2, -0.15) is 0 Å². The molecule has 2 aromatic carbocycles. The molecule has 37 heavy (non-hydrogen) atoms. The zero-order chi connectivity index (χ0) is 26.6. The van der Waals surface area contributed by atoms with Crippen LogP contribution in [0.15, 0.2) is 36.4 Å². The summed E-state index contributed by atoms with van der Waals surface area (Å²) in [5.41, 5.74) is 1.27. The van der Waals surface area contributed by atoms with Gasteiger partial charge in [0.05, 0.1) is 23.2 Å². The van der Waals surface area contributed by atoms with Crippen LogP contribution in [0, 0.1) is 17.6 Å². The largest absolute Gasteiger partial charge is 0.481 e. The number of halogens is 2. The van der Waals surface area contributed by atoms with E-state index in [2.05, 4.69) is 24.1 Å². The molecule has 200 valence electrons. The van der Waals surface area contributed by atoms with Gasteiger partial charge < -0.3 is 15.3 Å². The van der Waals surface area contributed by atoms with Crippen molar-refractivity contribution in [3.05, 3.63) is 59.2 Å². The molecule has 2 aromatic rings. The maximum absolute atomic E-state index is 14.3. The summed E-state index contributed by atoms with van der Waals surface area (Å²) in [5, 5.41) is 13.1. The highest BCUT2D eigenvalue weighted by molar-refractivity contribution is 5.96. The first kappa shape index (κ1) is 27.1. The predicted molar refractivity (Wildman–Crippen MR) is 142 cm³/mol. The van der Waals surface area contributed by atoms with E-state index >= 15 is 0 Å². The van der Waals surface area contributed by atoms with Gasteiger partial charge in [-0.1, -0.05) is 58.1 Å². The molecule has 0 saturated heterocycles. The normalized spacial score (nSPS) is 17.6. The molecule has 0 unspecified atom stereocenters. The van der Waals surface area contributed by atoms with E-state index in [1.165, 1.54) is 12.5 Å². The number of hydrogen-bond acceptors (Lipinski definition) is 3. The summed E-state index contributed by atoms with van der Waals surface area (Å²) in [7, 11) is 0. The van der Waals surface area contributed by atoms with Crippen LogP contribution in [0.4, 0.5) is 20.2 Å². The van der Waals surface area contributed by atoms with Gasteiger partial charge in [0.15, 0.2) is 0 Å². The molecule has 0 radical (unpaired) electrons. The molecule has 2 saturated carbocycles. The Morgan fingerprint density at radius 1 is 1.03 bits per heavy atom. The molecule has 0 spiro atoms. The van der Waals surface area contributed by atoms with Gasteiger partial charge in [-0.25, -0.2) is 8.78 Å². The molecule has 0 aliphatic heterocycles. The maximum atomic E-state index is 14.3. The highest BCUT2D eigenvalue weighted by Gasteiger charge is 2.43. The van der Waals surface area contributed by atoms with Crippen LogP contribution in [0.3, 0.4) is 0 Å². The van der Waals surface area contributed by atoms with Crippen LogP contribution in [0.5, 0.6) is 0 Å². The van der Waals surface area contributed by atoms with Crippen LogP contribution in [0.2, 0.25) is 0 Å². The van der Waals surface area contributed by atoms with Gasteiger partial charge in [0.2, 0.25) is 5.91 Å². The summed E-state index contributed by atoms with van der Waals surface area (Å²) in [6, 6.07) is 9.24. The minimum absolute atomic E-state index is 0.112. The summed E-state index contributed by atoms with van der Waals surface area (Å²) < 4.78 is 27.6. The lowest BCUT2D eigenvalue weighted by Gasteiger charge is -2.39. The molecule has 0 aromatic heterocycles. The van der Waals surface area contributed by atoms with Crippen molar-refractivity contribution >= 4 is 23.3 Å². The third-order valence-electron chi connectivity index (χ3n) is 7.94. The second-order valence-corrected chi connectivity index (χ2v) is 11.1. The number of carboxylic acid groups (broad SMARTS) is 1. The summed E-state index contributed by atoms with van der Waals surface area (Å²) in [4.78, 5) is 27.9. The number of amides is 1. The van der Waals surface area contributed by atoms with Crippen molar-refractivity contribution in [2.45, 2.75) is 89.5 Å². The second kappa shape index (κ2) is 11.6. The highest BCUT2D eigenvalue weighted by atomic mass is 19.1. The molecular weight excluding hydrogens is 474 g/mol. The Morgan fingerprint density at radius 2 is 1.73 bits per heavy atom. The van der Waals surface area contributed by atoms with E-state index in [-0.39, 0.29) is 12.0 Å². The van der Waals surface area contributed by atoms with Crippen molar-refractivity contribution in [2.75, 3.05) is 16.8 Å². The average molecular weight is 513 g/mol. The minimum atomic E-state index is -0.964. The molecule has 0 atom stereocenters. The summed E-state index contributed by atoms with van der Waals surface area (Å²) in [6.07, 6.45) is 8.26. The summed E-state index contributed by atoms with van der Waals surface area (Å²) >= 11 is 0. The van der Waals surface area contributed by atoms with Gasteiger partial charge in [-0.3, -0.25) is 9.59 Å². The number of rotatable bonds is 9. The van der Waals surface area contributed by atoms with E-state index in [9.17, 15) is 23.5 Å². The molecule has 4 rings (SSSR count). The molecule has 0 bridgehead atoms. The Bertz CT molecular complexity index is 1120.